The van der Waals surface area contributed by atoms with Crippen molar-refractivity contribution in [3.05, 3.63) is 52.4 Å². The molecule has 6 nitrogen and oxygen atoms in total. The van der Waals surface area contributed by atoms with Crippen LogP contribution in [0.25, 0.3) is 0 Å². The molecule has 0 saturated heterocycles. The van der Waals surface area contributed by atoms with Crippen molar-refractivity contribution < 1.29 is 18.8 Å². The molecule has 0 bridgehead atoms. The Labute approximate surface area is 132 Å². The van der Waals surface area contributed by atoms with E-state index in [-0.39, 0.29) is 12.2 Å². The molecule has 0 aliphatic heterocycles. The Morgan fingerprint density at radius 1 is 1.36 bits per heavy atom. The highest BCUT2D eigenvalue weighted by atomic mass is 35.5. The number of halogens is 1. The monoisotopic (exact) mass is 322 g/mol. The summed E-state index contributed by atoms with van der Waals surface area (Å²) >= 11 is 5.85. The molecule has 116 valence electrons. The van der Waals surface area contributed by atoms with Crippen molar-refractivity contribution >= 4 is 23.5 Å². The molecule has 1 aromatic heterocycles. The summed E-state index contributed by atoms with van der Waals surface area (Å²) in [6.45, 7) is 1.71. The topological polar surface area (TPSA) is 81.4 Å². The Hall–Kier alpha value is -2.34. The summed E-state index contributed by atoms with van der Waals surface area (Å²) in [5.74, 6) is -0.806. The van der Waals surface area contributed by atoms with Gasteiger partial charge in [-0.15, -0.1) is 0 Å². The normalized spacial score (nSPS) is 11.8. The zero-order valence-corrected chi connectivity index (χ0v) is 12.9. The van der Waals surface area contributed by atoms with Crippen LogP contribution in [0, 0.1) is 6.92 Å². The molecule has 7 heteroatoms. The number of aromatic nitrogens is 1. The van der Waals surface area contributed by atoms with E-state index in [9.17, 15) is 9.59 Å². The van der Waals surface area contributed by atoms with Crippen LogP contribution in [0.1, 0.15) is 34.3 Å². The minimum absolute atomic E-state index is 0.00298. The number of benzene rings is 1. The summed E-state index contributed by atoms with van der Waals surface area (Å²) < 4.78 is 9.58. The molecule has 1 atom stereocenters. The number of hydrogen-bond acceptors (Lipinski definition) is 5. The van der Waals surface area contributed by atoms with Crippen molar-refractivity contribution in [2.75, 3.05) is 7.11 Å². The second-order valence-corrected chi connectivity index (χ2v) is 5.13. The van der Waals surface area contributed by atoms with Crippen LogP contribution in [-0.4, -0.2) is 24.1 Å². The molecule has 1 N–H and O–H groups in total. The van der Waals surface area contributed by atoms with Crippen molar-refractivity contribution in [3.8, 4) is 0 Å². The number of aryl methyl sites for hydroxylation is 1. The fourth-order valence-corrected chi connectivity index (χ4v) is 2.02. The van der Waals surface area contributed by atoms with E-state index < -0.39 is 17.9 Å². The van der Waals surface area contributed by atoms with Gasteiger partial charge in [0, 0.05) is 11.1 Å². The first-order valence-corrected chi connectivity index (χ1v) is 6.94. The van der Waals surface area contributed by atoms with Gasteiger partial charge in [0.15, 0.2) is 0 Å². The third-order valence-corrected chi connectivity index (χ3v) is 3.28. The smallest absolute Gasteiger partial charge is 0.307 e. The summed E-state index contributed by atoms with van der Waals surface area (Å²) in [5.41, 5.74) is 1.33. The van der Waals surface area contributed by atoms with Crippen molar-refractivity contribution in [1.29, 1.82) is 0 Å². The third-order valence-electron chi connectivity index (χ3n) is 3.03. The van der Waals surface area contributed by atoms with Gasteiger partial charge in [-0.3, -0.25) is 9.59 Å². The number of hydrogen-bond donors (Lipinski definition) is 1. The van der Waals surface area contributed by atoms with Gasteiger partial charge in [0.05, 0.1) is 25.3 Å². The number of nitrogens with zero attached hydrogens (tertiary/aromatic N) is 1. The zero-order chi connectivity index (χ0) is 16.1. The number of methoxy groups -OCH3 is 1. The van der Waals surface area contributed by atoms with E-state index in [0.29, 0.717) is 10.7 Å². The van der Waals surface area contributed by atoms with Gasteiger partial charge in [0.2, 0.25) is 5.76 Å². The summed E-state index contributed by atoms with van der Waals surface area (Å²) in [5, 5.41) is 6.96. The molecule has 2 rings (SSSR count). The minimum Gasteiger partial charge on any atom is -0.469 e. The molecule has 0 aliphatic carbocycles. The highest BCUT2D eigenvalue weighted by Crippen LogP contribution is 2.20. The van der Waals surface area contributed by atoms with Gasteiger partial charge in [0.25, 0.3) is 5.91 Å². The second kappa shape index (κ2) is 7.09. The van der Waals surface area contributed by atoms with Crippen LogP contribution in [0.5, 0.6) is 0 Å². The van der Waals surface area contributed by atoms with Crippen LogP contribution in [0.4, 0.5) is 0 Å². The Morgan fingerprint density at radius 3 is 2.59 bits per heavy atom. The number of nitrogens with one attached hydrogen (secondary N) is 1. The lowest BCUT2D eigenvalue weighted by molar-refractivity contribution is -0.141. The highest BCUT2D eigenvalue weighted by Gasteiger charge is 2.21. The molecular formula is C15H15ClN2O4. The van der Waals surface area contributed by atoms with Crippen LogP contribution >= 0.6 is 11.6 Å². The lowest BCUT2D eigenvalue weighted by Crippen LogP contribution is -2.30. The van der Waals surface area contributed by atoms with Crippen LogP contribution in [0.15, 0.2) is 34.9 Å². The maximum absolute atomic E-state index is 12.2. The molecule has 2 aromatic rings. The lowest BCUT2D eigenvalue weighted by Gasteiger charge is -2.17. The van der Waals surface area contributed by atoms with Gasteiger partial charge >= 0.3 is 5.97 Å². The molecule has 1 heterocycles. The Balaban J connectivity index is 2.18. The van der Waals surface area contributed by atoms with Crippen molar-refractivity contribution in [3.63, 3.8) is 0 Å². The number of esters is 1. The summed E-state index contributed by atoms with van der Waals surface area (Å²) in [6, 6.07) is 7.82. The second-order valence-electron chi connectivity index (χ2n) is 4.69. The quantitative estimate of drug-likeness (QED) is 0.856. The largest absolute Gasteiger partial charge is 0.469 e. The number of carbonyl (C=O) groups excluding carboxylic acids is 2. The molecule has 1 amide bonds. The first kappa shape index (κ1) is 16.0. The van der Waals surface area contributed by atoms with E-state index in [1.54, 1.807) is 31.2 Å². The molecule has 0 radical (unpaired) electrons. The Morgan fingerprint density at radius 2 is 2.05 bits per heavy atom. The average molecular weight is 323 g/mol. The van der Waals surface area contributed by atoms with Crippen molar-refractivity contribution in [2.24, 2.45) is 0 Å². The van der Waals surface area contributed by atoms with Gasteiger partial charge in [-0.05, 0) is 24.6 Å². The fourth-order valence-electron chi connectivity index (χ4n) is 1.90. The van der Waals surface area contributed by atoms with Gasteiger partial charge < -0.3 is 14.6 Å². The minimum atomic E-state index is -0.553. The predicted molar refractivity (Wildman–Crippen MR) is 79.5 cm³/mol. The molecule has 0 fully saturated rings. The van der Waals surface area contributed by atoms with Crippen LogP contribution in [-0.2, 0) is 9.53 Å². The maximum atomic E-state index is 12.2. The number of ether oxygens (including phenoxy) is 1. The molecule has 22 heavy (non-hydrogen) atoms. The third kappa shape index (κ3) is 4.08. The summed E-state index contributed by atoms with van der Waals surface area (Å²) in [6.07, 6.45) is -0.00298. The first-order valence-electron chi connectivity index (χ1n) is 6.56. The van der Waals surface area contributed by atoms with Gasteiger partial charge in [-0.2, -0.15) is 0 Å². The van der Waals surface area contributed by atoms with Crippen molar-refractivity contribution in [1.82, 2.24) is 10.5 Å². The van der Waals surface area contributed by atoms with Gasteiger partial charge in [0.1, 0.15) is 0 Å². The van der Waals surface area contributed by atoms with E-state index in [0.717, 1.165) is 5.56 Å². The number of carbonyl (C=O) groups is 2. The standard InChI is InChI=1S/C15H15ClN2O4/c1-9-7-13(22-18-9)15(20)17-12(8-14(19)21-2)10-3-5-11(16)6-4-10/h3-7,12H,8H2,1-2H3,(H,17,20). The summed E-state index contributed by atoms with van der Waals surface area (Å²) in [4.78, 5) is 23.7. The van der Waals surface area contributed by atoms with E-state index in [1.165, 1.54) is 13.2 Å². The van der Waals surface area contributed by atoms with Crippen molar-refractivity contribution in [2.45, 2.75) is 19.4 Å². The van der Waals surface area contributed by atoms with Crippen LogP contribution in [0.2, 0.25) is 5.02 Å². The molecule has 0 spiro atoms. The first-order chi connectivity index (χ1) is 10.5. The molecule has 1 aromatic carbocycles. The summed E-state index contributed by atoms with van der Waals surface area (Å²) in [7, 11) is 1.29. The molecule has 0 saturated carbocycles. The van der Waals surface area contributed by atoms with Crippen LogP contribution < -0.4 is 5.32 Å². The van der Waals surface area contributed by atoms with Crippen LogP contribution in [0.3, 0.4) is 0 Å². The average Bonchev–Trinajstić information content (AvgIpc) is 2.94. The number of amides is 1. The maximum Gasteiger partial charge on any atom is 0.307 e. The Kier molecular flexibility index (Phi) is 5.16. The fraction of sp³-hybridized carbons (Fsp3) is 0.267. The zero-order valence-electron chi connectivity index (χ0n) is 12.1. The number of rotatable bonds is 5. The SMILES string of the molecule is COC(=O)CC(NC(=O)c1cc(C)no1)c1ccc(Cl)cc1. The van der Waals surface area contributed by atoms with Gasteiger partial charge in [-0.1, -0.05) is 28.9 Å². The van der Waals surface area contributed by atoms with E-state index >= 15 is 0 Å². The van der Waals surface area contributed by atoms with Gasteiger partial charge in [-0.25, -0.2) is 0 Å². The Bertz CT molecular complexity index is 666. The lowest BCUT2D eigenvalue weighted by atomic mass is 10.0. The highest BCUT2D eigenvalue weighted by molar-refractivity contribution is 6.30. The molecule has 1 unspecified atom stereocenters. The molecular weight excluding hydrogens is 308 g/mol. The van der Waals surface area contributed by atoms with E-state index in [2.05, 4.69) is 15.2 Å². The van der Waals surface area contributed by atoms with E-state index in [4.69, 9.17) is 16.1 Å². The molecule has 0 aliphatic rings. The van der Waals surface area contributed by atoms with E-state index in [1.807, 2.05) is 0 Å². The predicted octanol–water partition coefficient (Wildman–Crippen LogP) is 2.67.